The van der Waals surface area contributed by atoms with E-state index in [-0.39, 0.29) is 11.8 Å². The van der Waals surface area contributed by atoms with Crippen molar-refractivity contribution < 1.29 is 4.79 Å². The third-order valence-electron chi connectivity index (χ3n) is 8.35. The molecule has 1 amide bonds. The average molecular weight is 520 g/mol. The first kappa shape index (κ1) is 23.9. The van der Waals surface area contributed by atoms with E-state index in [9.17, 15) is 4.79 Å². The quantitative estimate of drug-likeness (QED) is 0.240. The Morgan fingerprint density at radius 1 is 0.821 bits per heavy atom. The van der Waals surface area contributed by atoms with Gasteiger partial charge in [0.2, 0.25) is 5.91 Å². The lowest BCUT2D eigenvalue weighted by atomic mass is 9.88. The molecule has 8 heteroatoms. The van der Waals surface area contributed by atoms with E-state index in [4.69, 9.17) is 0 Å². The maximum atomic E-state index is 12.8. The van der Waals surface area contributed by atoms with Crippen molar-refractivity contribution in [2.45, 2.75) is 51.4 Å². The lowest BCUT2D eigenvalue weighted by molar-refractivity contribution is -0.120. The molecular weight excluding hydrogens is 486 g/mol. The van der Waals surface area contributed by atoms with Gasteiger partial charge in [0.1, 0.15) is 5.69 Å². The van der Waals surface area contributed by atoms with Crippen molar-refractivity contribution in [1.29, 1.82) is 0 Å². The molecule has 4 aromatic heterocycles. The van der Waals surface area contributed by atoms with Crippen molar-refractivity contribution in [3.05, 3.63) is 55.1 Å². The number of piperidine rings is 1. The highest BCUT2D eigenvalue weighted by molar-refractivity contribution is 6.00. The summed E-state index contributed by atoms with van der Waals surface area (Å²) in [5.74, 6) is 0.215. The predicted octanol–water partition coefficient (Wildman–Crippen LogP) is 6.68. The first-order valence-electron chi connectivity index (χ1n) is 14.2. The lowest BCUT2D eigenvalue weighted by Crippen LogP contribution is -2.29. The molecule has 2 fully saturated rings. The van der Waals surface area contributed by atoms with E-state index >= 15 is 0 Å². The molecule has 8 nitrogen and oxygen atoms in total. The van der Waals surface area contributed by atoms with Crippen molar-refractivity contribution >= 4 is 39.1 Å². The molecule has 1 aromatic carbocycles. The van der Waals surface area contributed by atoms with Crippen LogP contribution in [0.15, 0.2) is 55.1 Å². The van der Waals surface area contributed by atoms with E-state index in [2.05, 4.69) is 59.6 Å². The number of H-pyrrole nitrogens is 2. The van der Waals surface area contributed by atoms with Gasteiger partial charge in [0, 0.05) is 41.5 Å². The summed E-state index contributed by atoms with van der Waals surface area (Å²) in [6, 6.07) is 10.5. The monoisotopic (exact) mass is 519 g/mol. The Morgan fingerprint density at radius 2 is 1.64 bits per heavy atom. The Balaban J connectivity index is 1.20. The van der Waals surface area contributed by atoms with Crippen LogP contribution >= 0.6 is 0 Å². The third kappa shape index (κ3) is 4.64. The van der Waals surface area contributed by atoms with Crippen LogP contribution in [0.3, 0.4) is 0 Å². The molecule has 0 radical (unpaired) electrons. The normalized spacial score (nSPS) is 16.7. The topological polar surface area (TPSA) is 103 Å². The van der Waals surface area contributed by atoms with Gasteiger partial charge >= 0.3 is 0 Å². The Labute approximate surface area is 227 Å². The zero-order valence-electron chi connectivity index (χ0n) is 22.0. The maximum Gasteiger partial charge on any atom is 0.227 e. The van der Waals surface area contributed by atoms with E-state index in [0.717, 1.165) is 83.4 Å². The first-order valence-corrected chi connectivity index (χ1v) is 14.2. The highest BCUT2D eigenvalue weighted by Gasteiger charge is 2.22. The highest BCUT2D eigenvalue weighted by atomic mass is 16.1. The number of carbonyl (C=O) groups excluding carboxylic acids is 1. The molecule has 7 rings (SSSR count). The first-order chi connectivity index (χ1) is 19.2. The number of fused-ring (bicyclic) bond motifs is 2. The standard InChI is InChI=1S/C31H33N7O/c39-31(20-7-3-1-4-8-20)34-23-13-22(16-32-17-23)21-9-10-26-25(14-21)30(37-36-26)27-15-24-28(35-27)18-33-19-29(24)38-11-5-2-6-12-38/h9-10,13-20,35H,1-8,11-12H2,(H,34,39)(H,36,37). The van der Waals surface area contributed by atoms with Gasteiger partial charge in [-0.25, -0.2) is 0 Å². The molecule has 2 aliphatic rings. The van der Waals surface area contributed by atoms with Gasteiger partial charge in [-0.05, 0) is 61.9 Å². The summed E-state index contributed by atoms with van der Waals surface area (Å²) in [4.78, 5) is 27.8. The molecule has 1 aliphatic carbocycles. The van der Waals surface area contributed by atoms with E-state index in [1.165, 1.54) is 36.8 Å². The number of amides is 1. The van der Waals surface area contributed by atoms with Crippen LogP contribution in [0.4, 0.5) is 11.4 Å². The fourth-order valence-electron chi connectivity index (χ4n) is 6.22. The van der Waals surface area contributed by atoms with Gasteiger partial charge in [-0.1, -0.05) is 25.3 Å². The van der Waals surface area contributed by atoms with Crippen LogP contribution in [0.5, 0.6) is 0 Å². The summed E-state index contributed by atoms with van der Waals surface area (Å²) in [7, 11) is 0. The number of pyridine rings is 2. The molecule has 1 saturated carbocycles. The molecule has 1 aliphatic heterocycles. The summed E-state index contributed by atoms with van der Waals surface area (Å²) in [5, 5.41) is 13.2. The van der Waals surface area contributed by atoms with Gasteiger partial charge in [0.05, 0.1) is 46.7 Å². The minimum atomic E-state index is 0.106. The minimum absolute atomic E-state index is 0.106. The summed E-state index contributed by atoms with van der Waals surface area (Å²) >= 11 is 0. The molecular formula is C31H33N7O. The minimum Gasteiger partial charge on any atom is -0.370 e. The molecule has 198 valence electrons. The molecule has 0 unspecified atom stereocenters. The van der Waals surface area contributed by atoms with Gasteiger partial charge in [0.15, 0.2) is 0 Å². The van der Waals surface area contributed by atoms with Crippen LogP contribution in [0, 0.1) is 5.92 Å². The number of aromatic nitrogens is 5. The number of hydrogen-bond acceptors (Lipinski definition) is 5. The van der Waals surface area contributed by atoms with Gasteiger partial charge in [0.25, 0.3) is 0 Å². The van der Waals surface area contributed by atoms with Gasteiger partial charge in [-0.3, -0.25) is 19.9 Å². The molecule has 3 N–H and O–H groups in total. The van der Waals surface area contributed by atoms with Crippen LogP contribution in [-0.2, 0) is 4.79 Å². The van der Waals surface area contributed by atoms with Crippen LogP contribution in [0.2, 0.25) is 0 Å². The molecule has 0 atom stereocenters. The molecule has 5 aromatic rings. The van der Waals surface area contributed by atoms with E-state index < -0.39 is 0 Å². The van der Waals surface area contributed by atoms with Crippen molar-refractivity contribution in [3.63, 3.8) is 0 Å². The number of anilines is 2. The second-order valence-corrected chi connectivity index (χ2v) is 11.0. The smallest absolute Gasteiger partial charge is 0.227 e. The zero-order valence-corrected chi connectivity index (χ0v) is 22.0. The Bertz CT molecular complexity index is 1640. The molecule has 5 heterocycles. The van der Waals surface area contributed by atoms with Crippen LogP contribution in [0.1, 0.15) is 51.4 Å². The predicted molar refractivity (Wildman–Crippen MR) is 156 cm³/mol. The van der Waals surface area contributed by atoms with Crippen LogP contribution in [0.25, 0.3) is 44.3 Å². The third-order valence-corrected chi connectivity index (χ3v) is 8.35. The van der Waals surface area contributed by atoms with Crippen molar-refractivity contribution in [2.24, 2.45) is 5.92 Å². The number of carbonyl (C=O) groups is 1. The Hall–Kier alpha value is -4.20. The SMILES string of the molecule is O=C(Nc1cncc(-c2ccc3[nH]nc(-c4cc5c(N6CCCCC6)cncc5[nH]4)c3c2)c1)C1CCCCC1. The van der Waals surface area contributed by atoms with Crippen molar-refractivity contribution in [2.75, 3.05) is 23.3 Å². The molecule has 0 spiro atoms. The number of nitrogens with one attached hydrogen (secondary N) is 3. The molecule has 1 saturated heterocycles. The number of aromatic amines is 2. The van der Waals surface area contributed by atoms with Crippen molar-refractivity contribution in [1.82, 2.24) is 25.1 Å². The maximum absolute atomic E-state index is 12.8. The second kappa shape index (κ2) is 10.2. The summed E-state index contributed by atoms with van der Waals surface area (Å²) in [6.07, 6.45) is 16.6. The second-order valence-electron chi connectivity index (χ2n) is 11.0. The highest BCUT2D eigenvalue weighted by Crippen LogP contribution is 2.35. The fourth-order valence-corrected chi connectivity index (χ4v) is 6.22. The van der Waals surface area contributed by atoms with Gasteiger partial charge in [-0.15, -0.1) is 0 Å². The van der Waals surface area contributed by atoms with E-state index in [0.29, 0.717) is 0 Å². The summed E-state index contributed by atoms with van der Waals surface area (Å²) in [5.41, 5.74) is 7.74. The molecule has 0 bridgehead atoms. The average Bonchev–Trinajstić information content (AvgIpc) is 3.62. The van der Waals surface area contributed by atoms with Gasteiger partial charge in [-0.2, -0.15) is 5.10 Å². The van der Waals surface area contributed by atoms with Crippen LogP contribution in [-0.4, -0.2) is 44.1 Å². The van der Waals surface area contributed by atoms with Gasteiger partial charge < -0.3 is 15.2 Å². The lowest BCUT2D eigenvalue weighted by Gasteiger charge is -2.28. The number of rotatable bonds is 5. The Morgan fingerprint density at radius 3 is 2.51 bits per heavy atom. The number of nitrogens with zero attached hydrogens (tertiary/aromatic N) is 4. The largest absolute Gasteiger partial charge is 0.370 e. The summed E-state index contributed by atoms with van der Waals surface area (Å²) in [6.45, 7) is 2.15. The number of benzene rings is 1. The number of hydrogen-bond donors (Lipinski definition) is 3. The fraction of sp³-hybridized carbons (Fsp3) is 0.355. The summed E-state index contributed by atoms with van der Waals surface area (Å²) < 4.78 is 0. The van der Waals surface area contributed by atoms with E-state index in [1.54, 1.807) is 6.20 Å². The van der Waals surface area contributed by atoms with E-state index in [1.807, 2.05) is 24.7 Å². The van der Waals surface area contributed by atoms with Crippen LogP contribution < -0.4 is 10.2 Å². The molecule has 39 heavy (non-hydrogen) atoms. The Kier molecular flexibility index (Phi) is 6.23. The van der Waals surface area contributed by atoms with Crippen molar-refractivity contribution in [3.8, 4) is 22.5 Å². The zero-order chi connectivity index (χ0) is 26.2.